The largest absolute Gasteiger partial charge is 0.481 e. The molecule has 31 heavy (non-hydrogen) atoms. The maximum Gasteiger partial charge on any atom is 0.309 e. The van der Waals surface area contributed by atoms with Gasteiger partial charge in [0.15, 0.2) is 0 Å². The molecule has 0 bridgehead atoms. The molecule has 0 amide bonds. The summed E-state index contributed by atoms with van der Waals surface area (Å²) in [5, 5.41) is 8.44. The number of hydrogen-bond acceptors (Lipinski definition) is 3. The van der Waals surface area contributed by atoms with E-state index in [-0.39, 0.29) is 12.1 Å². The van der Waals surface area contributed by atoms with Crippen molar-refractivity contribution in [1.29, 1.82) is 0 Å². The summed E-state index contributed by atoms with van der Waals surface area (Å²) in [6.45, 7) is 9.82. The Kier molecular flexibility index (Phi) is 9.84. The Labute approximate surface area is 189 Å². The Balaban J connectivity index is 0.000000366. The molecule has 0 spiro atoms. The van der Waals surface area contributed by atoms with Crippen molar-refractivity contribution in [1.82, 2.24) is 0 Å². The molecule has 2 unspecified atom stereocenters. The number of esters is 1. The van der Waals surface area contributed by atoms with Crippen LogP contribution in [0.2, 0.25) is 0 Å². The number of ether oxygens (including phenoxy) is 1. The van der Waals surface area contributed by atoms with Crippen LogP contribution in [-0.2, 0) is 14.3 Å². The van der Waals surface area contributed by atoms with E-state index in [2.05, 4.69) is 38.2 Å². The highest BCUT2D eigenvalue weighted by molar-refractivity contribution is 5.73. The smallest absolute Gasteiger partial charge is 0.309 e. The van der Waals surface area contributed by atoms with E-state index in [1.165, 1.54) is 25.7 Å². The van der Waals surface area contributed by atoms with Gasteiger partial charge in [0.25, 0.3) is 0 Å². The van der Waals surface area contributed by atoms with E-state index < -0.39 is 11.4 Å². The molecule has 1 N–H and O–H groups in total. The molecule has 0 aromatic carbocycles. The highest BCUT2D eigenvalue weighted by Crippen LogP contribution is 2.47. The van der Waals surface area contributed by atoms with Crippen LogP contribution in [0.4, 0.5) is 0 Å². The van der Waals surface area contributed by atoms with Gasteiger partial charge in [-0.25, -0.2) is 0 Å². The van der Waals surface area contributed by atoms with Crippen molar-refractivity contribution in [3.8, 4) is 0 Å². The van der Waals surface area contributed by atoms with Gasteiger partial charge in [-0.15, -0.1) is 0 Å². The first-order valence-corrected chi connectivity index (χ1v) is 12.4. The zero-order valence-electron chi connectivity index (χ0n) is 20.3. The second-order valence-electron chi connectivity index (χ2n) is 10.5. The molecule has 2 aliphatic carbocycles. The maximum absolute atomic E-state index is 11.5. The molecule has 176 valence electrons. The number of hydrogen-bond donors (Lipinski definition) is 1. The van der Waals surface area contributed by atoms with Crippen LogP contribution in [0.3, 0.4) is 0 Å². The molecule has 3 rings (SSSR count). The van der Waals surface area contributed by atoms with Gasteiger partial charge in [0.05, 0.1) is 5.41 Å². The first kappa shape index (κ1) is 25.7. The zero-order chi connectivity index (χ0) is 23.0. The van der Waals surface area contributed by atoms with E-state index in [0.717, 1.165) is 42.9 Å². The third-order valence-electron chi connectivity index (χ3n) is 7.84. The number of carbonyl (C=O) groups is 2. The highest BCUT2D eigenvalue weighted by atomic mass is 16.5. The number of carboxylic acids is 1. The third-order valence-corrected chi connectivity index (χ3v) is 7.84. The molecule has 0 aromatic rings. The van der Waals surface area contributed by atoms with Crippen molar-refractivity contribution in [2.45, 2.75) is 98.5 Å². The molecule has 1 saturated carbocycles. The van der Waals surface area contributed by atoms with Crippen molar-refractivity contribution in [3.63, 3.8) is 0 Å². The summed E-state index contributed by atoms with van der Waals surface area (Å²) < 4.78 is 5.53. The molecule has 0 radical (unpaired) electrons. The van der Waals surface area contributed by atoms with Gasteiger partial charge < -0.3 is 9.84 Å². The van der Waals surface area contributed by atoms with E-state index in [1.807, 2.05) is 6.92 Å². The summed E-state index contributed by atoms with van der Waals surface area (Å²) in [7, 11) is 0. The lowest BCUT2D eigenvalue weighted by atomic mass is 9.62. The molecule has 6 atom stereocenters. The fourth-order valence-electron chi connectivity index (χ4n) is 5.30. The molecule has 1 aliphatic heterocycles. The van der Waals surface area contributed by atoms with Gasteiger partial charge in [0.2, 0.25) is 0 Å². The molecule has 1 heterocycles. The number of aliphatic carboxylic acids is 1. The van der Waals surface area contributed by atoms with Gasteiger partial charge in [-0.1, -0.05) is 38.2 Å². The SMILES string of the molecule is C/C=C\[C@@H]1CCC2C(C=C[C@H](C)[C@@H]2CC[C@@H]2CCCC(=O)O2)C1.CCC(C)(C)C(=O)O. The van der Waals surface area contributed by atoms with Crippen molar-refractivity contribution in [2.24, 2.45) is 35.0 Å². The van der Waals surface area contributed by atoms with Crippen molar-refractivity contribution < 1.29 is 19.4 Å². The summed E-state index contributed by atoms with van der Waals surface area (Å²) in [6.07, 6.45) is 19.5. The minimum Gasteiger partial charge on any atom is -0.481 e. The lowest BCUT2D eigenvalue weighted by molar-refractivity contribution is -0.154. The summed E-state index contributed by atoms with van der Waals surface area (Å²) >= 11 is 0. The molecular weight excluding hydrogens is 388 g/mol. The van der Waals surface area contributed by atoms with Gasteiger partial charge in [0.1, 0.15) is 6.10 Å². The Bertz CT molecular complexity index is 648. The summed E-state index contributed by atoms with van der Waals surface area (Å²) in [4.78, 5) is 21.7. The van der Waals surface area contributed by atoms with E-state index in [9.17, 15) is 9.59 Å². The van der Waals surface area contributed by atoms with Gasteiger partial charge in [-0.2, -0.15) is 0 Å². The number of cyclic esters (lactones) is 1. The second kappa shape index (κ2) is 11.9. The Morgan fingerprint density at radius 3 is 2.55 bits per heavy atom. The van der Waals surface area contributed by atoms with Crippen LogP contribution in [0, 0.1) is 35.0 Å². The topological polar surface area (TPSA) is 63.6 Å². The van der Waals surface area contributed by atoms with Crippen LogP contribution in [0.25, 0.3) is 0 Å². The van der Waals surface area contributed by atoms with Crippen LogP contribution in [0.15, 0.2) is 24.3 Å². The summed E-state index contributed by atoms with van der Waals surface area (Å²) in [6, 6.07) is 0. The molecule has 3 aliphatic rings. The molecule has 0 aromatic heterocycles. The average molecular weight is 433 g/mol. The fourth-order valence-corrected chi connectivity index (χ4v) is 5.30. The minimum absolute atomic E-state index is 0.0163. The van der Waals surface area contributed by atoms with Crippen molar-refractivity contribution in [2.75, 3.05) is 0 Å². The maximum atomic E-state index is 11.5. The first-order chi connectivity index (χ1) is 14.7. The Morgan fingerprint density at radius 2 is 1.97 bits per heavy atom. The van der Waals surface area contributed by atoms with Crippen LogP contribution in [0.1, 0.15) is 92.4 Å². The van der Waals surface area contributed by atoms with E-state index >= 15 is 0 Å². The summed E-state index contributed by atoms with van der Waals surface area (Å²) in [5.74, 6) is 3.13. The average Bonchev–Trinajstić information content (AvgIpc) is 2.74. The first-order valence-electron chi connectivity index (χ1n) is 12.4. The van der Waals surface area contributed by atoms with Crippen LogP contribution in [0.5, 0.6) is 0 Å². The lowest BCUT2D eigenvalue weighted by Gasteiger charge is -2.44. The Morgan fingerprint density at radius 1 is 1.23 bits per heavy atom. The van der Waals surface area contributed by atoms with Crippen molar-refractivity contribution >= 4 is 11.9 Å². The summed E-state index contributed by atoms with van der Waals surface area (Å²) in [5.41, 5.74) is -0.542. The zero-order valence-corrected chi connectivity index (χ0v) is 20.3. The Hall–Kier alpha value is -1.58. The fraction of sp³-hybridized carbons (Fsp3) is 0.778. The molecule has 4 nitrogen and oxygen atoms in total. The standard InChI is InChI=1S/C21H32O2.C6H12O2/c1-3-5-16-9-12-20-17(14-16)10-8-15(2)19(20)13-11-18-6-4-7-21(22)23-18;1-4-6(2,3)5(7)8/h3,5,8,10,15-20H,4,6-7,9,11-14H2,1-2H3;4H2,1-3H3,(H,7,8)/b5-3-;/t15-,16+,17?,18-,19-,20?;/m0./s1. The number of allylic oxidation sites excluding steroid dienone is 4. The van der Waals surface area contributed by atoms with Crippen LogP contribution < -0.4 is 0 Å². The van der Waals surface area contributed by atoms with Crippen molar-refractivity contribution in [3.05, 3.63) is 24.3 Å². The number of carboxylic acid groups (broad SMARTS) is 1. The normalized spacial score (nSPS) is 33.3. The third kappa shape index (κ3) is 7.50. The number of carbonyl (C=O) groups excluding carboxylic acids is 1. The second-order valence-corrected chi connectivity index (χ2v) is 10.5. The molecule has 4 heteroatoms. The van der Waals surface area contributed by atoms with Crippen LogP contribution in [-0.4, -0.2) is 23.1 Å². The van der Waals surface area contributed by atoms with E-state index in [1.54, 1.807) is 13.8 Å². The minimum atomic E-state index is -0.722. The monoisotopic (exact) mass is 432 g/mol. The van der Waals surface area contributed by atoms with Gasteiger partial charge >= 0.3 is 11.9 Å². The number of fused-ring (bicyclic) bond motifs is 1. The predicted molar refractivity (Wildman–Crippen MR) is 126 cm³/mol. The molecule has 1 saturated heterocycles. The molecular formula is C27H44O4. The lowest BCUT2D eigenvalue weighted by Crippen LogP contribution is -2.35. The van der Waals surface area contributed by atoms with Gasteiger partial charge in [-0.05, 0) is 102 Å². The van der Waals surface area contributed by atoms with Gasteiger partial charge in [-0.3, -0.25) is 9.59 Å². The van der Waals surface area contributed by atoms with Crippen LogP contribution >= 0.6 is 0 Å². The molecule has 2 fully saturated rings. The van der Waals surface area contributed by atoms with E-state index in [0.29, 0.717) is 18.8 Å². The predicted octanol–water partition coefficient (Wildman–Crippen LogP) is 6.80. The van der Waals surface area contributed by atoms with Gasteiger partial charge in [0, 0.05) is 6.42 Å². The van der Waals surface area contributed by atoms with E-state index in [4.69, 9.17) is 9.84 Å². The quantitative estimate of drug-likeness (QED) is 0.370. The highest BCUT2D eigenvalue weighted by Gasteiger charge is 2.38. The number of rotatable bonds is 6.